The van der Waals surface area contributed by atoms with E-state index in [0.717, 1.165) is 30.4 Å². The van der Waals surface area contributed by atoms with Crippen molar-refractivity contribution in [1.82, 2.24) is 0 Å². The Bertz CT molecular complexity index is 437. The topological polar surface area (TPSA) is 63.3 Å². The van der Waals surface area contributed by atoms with Crippen molar-refractivity contribution in [3.05, 3.63) is 34.6 Å². The molecule has 1 aromatic rings. The fourth-order valence-electron chi connectivity index (χ4n) is 2.13. The van der Waals surface area contributed by atoms with Crippen LogP contribution in [0.5, 0.6) is 0 Å². The van der Waals surface area contributed by atoms with E-state index in [1.807, 2.05) is 0 Å². The van der Waals surface area contributed by atoms with Gasteiger partial charge in [-0.05, 0) is 42.0 Å². The molecule has 17 heavy (non-hydrogen) atoms. The van der Waals surface area contributed by atoms with Gasteiger partial charge < -0.3 is 10.8 Å². The third kappa shape index (κ3) is 2.96. The van der Waals surface area contributed by atoms with E-state index in [1.54, 1.807) is 6.07 Å². The number of aryl methyl sites for hydroxylation is 2. The largest absolute Gasteiger partial charge is 0.480 e. The Morgan fingerprint density at radius 1 is 1.41 bits per heavy atom. The lowest BCUT2D eigenvalue weighted by molar-refractivity contribution is -0.138. The third-order valence-corrected chi connectivity index (χ3v) is 3.02. The van der Waals surface area contributed by atoms with Crippen molar-refractivity contribution < 1.29 is 14.3 Å². The SMILES string of the molecule is Cl.NC(Cc1cc2c(cc1F)CCC2)C(=O)O. The predicted octanol–water partition coefficient (Wildman–Crippen LogP) is 1.69. The van der Waals surface area contributed by atoms with Gasteiger partial charge in [0.25, 0.3) is 0 Å². The fourth-order valence-corrected chi connectivity index (χ4v) is 2.13. The quantitative estimate of drug-likeness (QED) is 0.868. The minimum atomic E-state index is -1.10. The van der Waals surface area contributed by atoms with E-state index in [-0.39, 0.29) is 24.6 Å². The summed E-state index contributed by atoms with van der Waals surface area (Å²) in [6, 6.07) is 2.25. The number of aliphatic carboxylic acids is 1. The molecule has 0 saturated carbocycles. The van der Waals surface area contributed by atoms with E-state index in [1.165, 1.54) is 6.07 Å². The van der Waals surface area contributed by atoms with E-state index in [9.17, 15) is 9.18 Å². The number of carboxylic acids is 1. The van der Waals surface area contributed by atoms with Crippen LogP contribution in [0.1, 0.15) is 23.1 Å². The van der Waals surface area contributed by atoms with E-state index < -0.39 is 12.0 Å². The molecule has 1 aliphatic rings. The Morgan fingerprint density at radius 2 is 2.00 bits per heavy atom. The predicted molar refractivity (Wildman–Crippen MR) is 65.0 cm³/mol. The summed E-state index contributed by atoms with van der Waals surface area (Å²) in [6.07, 6.45) is 2.96. The molecule has 5 heteroatoms. The Labute approximate surface area is 105 Å². The minimum Gasteiger partial charge on any atom is -0.480 e. The van der Waals surface area contributed by atoms with Crippen LogP contribution < -0.4 is 5.73 Å². The summed E-state index contributed by atoms with van der Waals surface area (Å²) in [5, 5.41) is 8.68. The van der Waals surface area contributed by atoms with Crippen molar-refractivity contribution >= 4 is 18.4 Å². The van der Waals surface area contributed by atoms with Crippen molar-refractivity contribution in [2.24, 2.45) is 5.73 Å². The highest BCUT2D eigenvalue weighted by Crippen LogP contribution is 2.25. The summed E-state index contributed by atoms with van der Waals surface area (Å²) in [5.74, 6) is -1.43. The van der Waals surface area contributed by atoms with Gasteiger partial charge in [-0.1, -0.05) is 6.07 Å². The molecule has 0 bridgehead atoms. The monoisotopic (exact) mass is 259 g/mol. The van der Waals surface area contributed by atoms with Gasteiger partial charge in [0.15, 0.2) is 0 Å². The third-order valence-electron chi connectivity index (χ3n) is 3.02. The maximum absolute atomic E-state index is 13.6. The fraction of sp³-hybridized carbons (Fsp3) is 0.417. The number of benzene rings is 1. The highest BCUT2D eigenvalue weighted by Gasteiger charge is 2.18. The smallest absolute Gasteiger partial charge is 0.320 e. The number of hydrogen-bond acceptors (Lipinski definition) is 2. The van der Waals surface area contributed by atoms with Gasteiger partial charge in [0.05, 0.1) is 0 Å². The summed E-state index contributed by atoms with van der Waals surface area (Å²) >= 11 is 0. The van der Waals surface area contributed by atoms with Gasteiger partial charge in [-0.2, -0.15) is 0 Å². The first-order valence-corrected chi connectivity index (χ1v) is 5.36. The minimum absolute atomic E-state index is 0. The molecule has 0 fully saturated rings. The van der Waals surface area contributed by atoms with Crippen LogP contribution in [0, 0.1) is 5.82 Å². The van der Waals surface area contributed by atoms with Gasteiger partial charge in [0.2, 0.25) is 0 Å². The first-order chi connectivity index (χ1) is 7.58. The lowest BCUT2D eigenvalue weighted by atomic mass is 10.0. The van der Waals surface area contributed by atoms with Crippen LogP contribution in [0.15, 0.2) is 12.1 Å². The molecule has 0 aromatic heterocycles. The molecule has 0 amide bonds. The van der Waals surface area contributed by atoms with Gasteiger partial charge in [0, 0.05) is 6.42 Å². The first kappa shape index (κ1) is 13.9. The second-order valence-electron chi connectivity index (χ2n) is 4.21. The Morgan fingerprint density at radius 3 is 2.59 bits per heavy atom. The van der Waals surface area contributed by atoms with Crippen LogP contribution in [-0.2, 0) is 24.1 Å². The second kappa shape index (κ2) is 5.47. The molecule has 0 spiro atoms. The zero-order valence-electron chi connectivity index (χ0n) is 9.28. The lowest BCUT2D eigenvalue weighted by Crippen LogP contribution is -2.32. The number of halogens is 2. The first-order valence-electron chi connectivity index (χ1n) is 5.36. The van der Waals surface area contributed by atoms with Gasteiger partial charge >= 0.3 is 5.97 Å². The summed E-state index contributed by atoms with van der Waals surface area (Å²) in [4.78, 5) is 10.6. The molecule has 1 aromatic carbocycles. The van der Waals surface area contributed by atoms with E-state index in [0.29, 0.717) is 5.56 Å². The molecule has 0 heterocycles. The molecule has 0 radical (unpaired) electrons. The molecule has 3 nitrogen and oxygen atoms in total. The molecule has 0 saturated heterocycles. The second-order valence-corrected chi connectivity index (χ2v) is 4.21. The van der Waals surface area contributed by atoms with Gasteiger partial charge in [-0.25, -0.2) is 4.39 Å². The maximum Gasteiger partial charge on any atom is 0.320 e. The van der Waals surface area contributed by atoms with Crippen molar-refractivity contribution in [3.63, 3.8) is 0 Å². The Kier molecular flexibility index (Phi) is 4.48. The zero-order valence-corrected chi connectivity index (χ0v) is 10.1. The van der Waals surface area contributed by atoms with Crippen molar-refractivity contribution in [2.75, 3.05) is 0 Å². The number of nitrogens with two attached hydrogens (primary N) is 1. The Balaban J connectivity index is 0.00000144. The number of carboxylic acid groups (broad SMARTS) is 1. The molecule has 3 N–H and O–H groups in total. The molecule has 0 aliphatic heterocycles. The molecule has 94 valence electrons. The van der Waals surface area contributed by atoms with Crippen molar-refractivity contribution in [2.45, 2.75) is 31.7 Å². The summed E-state index contributed by atoms with van der Waals surface area (Å²) < 4.78 is 13.6. The maximum atomic E-state index is 13.6. The van der Waals surface area contributed by atoms with E-state index >= 15 is 0 Å². The van der Waals surface area contributed by atoms with Gasteiger partial charge in [-0.15, -0.1) is 12.4 Å². The van der Waals surface area contributed by atoms with Crippen LogP contribution in [0.2, 0.25) is 0 Å². The van der Waals surface area contributed by atoms with Crippen molar-refractivity contribution in [1.29, 1.82) is 0 Å². The average molecular weight is 260 g/mol. The van der Waals surface area contributed by atoms with Crippen LogP contribution in [0.4, 0.5) is 4.39 Å². The molecule has 1 atom stereocenters. The van der Waals surface area contributed by atoms with Crippen LogP contribution in [-0.4, -0.2) is 17.1 Å². The lowest BCUT2D eigenvalue weighted by Gasteiger charge is -2.09. The summed E-state index contributed by atoms with van der Waals surface area (Å²) in [7, 11) is 0. The van der Waals surface area contributed by atoms with Crippen LogP contribution in [0.3, 0.4) is 0 Å². The van der Waals surface area contributed by atoms with Gasteiger partial charge in [0.1, 0.15) is 11.9 Å². The average Bonchev–Trinajstić information content (AvgIpc) is 2.65. The number of hydrogen-bond donors (Lipinski definition) is 2. The molecule has 1 aliphatic carbocycles. The normalized spacial score (nSPS) is 14.9. The molecule has 2 rings (SSSR count). The highest BCUT2D eigenvalue weighted by atomic mass is 35.5. The number of carbonyl (C=O) groups is 1. The standard InChI is InChI=1S/C12H14FNO2.ClH/c13-10-5-8-3-1-2-7(8)4-9(10)6-11(14)12(15)16;/h4-5,11H,1-3,6,14H2,(H,15,16);1H. The zero-order chi connectivity index (χ0) is 11.7. The molecular weight excluding hydrogens is 245 g/mol. The summed E-state index contributed by atoms with van der Waals surface area (Å²) in [5.41, 5.74) is 7.99. The van der Waals surface area contributed by atoms with Crippen LogP contribution in [0.25, 0.3) is 0 Å². The van der Waals surface area contributed by atoms with E-state index in [2.05, 4.69) is 0 Å². The van der Waals surface area contributed by atoms with Gasteiger partial charge in [-0.3, -0.25) is 4.79 Å². The Hall–Kier alpha value is -1.13. The molecular formula is C12H15ClFNO2. The highest BCUT2D eigenvalue weighted by molar-refractivity contribution is 5.85. The molecule has 1 unspecified atom stereocenters. The van der Waals surface area contributed by atoms with E-state index in [4.69, 9.17) is 10.8 Å². The number of rotatable bonds is 3. The van der Waals surface area contributed by atoms with Crippen molar-refractivity contribution in [3.8, 4) is 0 Å². The summed E-state index contributed by atoms with van der Waals surface area (Å²) in [6.45, 7) is 0. The number of fused-ring (bicyclic) bond motifs is 1. The van der Waals surface area contributed by atoms with Crippen LogP contribution >= 0.6 is 12.4 Å².